The van der Waals surface area contributed by atoms with E-state index in [9.17, 15) is 14.4 Å². The predicted octanol–water partition coefficient (Wildman–Crippen LogP) is 3.83. The smallest absolute Gasteiger partial charge is 0.265 e. The first-order valence-corrected chi connectivity index (χ1v) is 10.9. The molecule has 3 rings (SSSR count). The van der Waals surface area contributed by atoms with Crippen molar-refractivity contribution < 1.29 is 19.1 Å². The minimum Gasteiger partial charge on any atom is -0.482 e. The topological polar surface area (TPSA) is 79.0 Å². The Kier molecular flexibility index (Phi) is 6.87. The number of amides is 3. The number of carbonyl (C=O) groups excluding carboxylic acids is 3. The van der Waals surface area contributed by atoms with Crippen molar-refractivity contribution in [3.63, 3.8) is 0 Å². The van der Waals surface area contributed by atoms with Crippen LogP contribution >= 0.6 is 0 Å². The summed E-state index contributed by atoms with van der Waals surface area (Å²) in [5, 5.41) is 2.87. The van der Waals surface area contributed by atoms with Crippen molar-refractivity contribution >= 4 is 29.1 Å². The molecule has 0 spiro atoms. The Labute approximate surface area is 189 Å². The second-order valence-electron chi connectivity index (χ2n) is 8.80. The normalized spacial score (nSPS) is 13.3. The van der Waals surface area contributed by atoms with E-state index in [0.29, 0.717) is 35.8 Å². The molecule has 7 heteroatoms. The molecule has 2 aromatic rings. The van der Waals surface area contributed by atoms with E-state index in [0.717, 1.165) is 5.56 Å². The van der Waals surface area contributed by atoms with E-state index in [4.69, 9.17) is 4.74 Å². The Hall–Kier alpha value is -3.35. The number of hydrogen-bond donors (Lipinski definition) is 1. The van der Waals surface area contributed by atoms with Gasteiger partial charge in [-0.2, -0.15) is 0 Å². The minimum atomic E-state index is -0.292. The summed E-state index contributed by atoms with van der Waals surface area (Å²) < 4.78 is 5.52. The van der Waals surface area contributed by atoms with Gasteiger partial charge >= 0.3 is 0 Å². The molecule has 32 heavy (non-hydrogen) atoms. The van der Waals surface area contributed by atoms with Gasteiger partial charge in [-0.25, -0.2) is 0 Å². The number of anilines is 2. The summed E-state index contributed by atoms with van der Waals surface area (Å²) in [5.74, 6) is -0.174. The lowest BCUT2D eigenvalue weighted by atomic mass is 9.87. The average molecular weight is 438 g/mol. The van der Waals surface area contributed by atoms with Gasteiger partial charge in [0.25, 0.3) is 11.8 Å². The van der Waals surface area contributed by atoms with Gasteiger partial charge < -0.3 is 15.0 Å². The molecule has 2 aromatic carbocycles. The first-order chi connectivity index (χ1) is 15.1. The van der Waals surface area contributed by atoms with Crippen LogP contribution in [-0.4, -0.2) is 48.9 Å². The molecule has 0 atom stereocenters. The summed E-state index contributed by atoms with van der Waals surface area (Å²) in [6.45, 7) is 11.1. The van der Waals surface area contributed by atoms with Crippen LogP contribution in [0.25, 0.3) is 0 Å². The second-order valence-corrected chi connectivity index (χ2v) is 8.80. The van der Waals surface area contributed by atoms with Gasteiger partial charge in [0.1, 0.15) is 12.3 Å². The maximum Gasteiger partial charge on any atom is 0.265 e. The fourth-order valence-corrected chi connectivity index (χ4v) is 3.59. The Morgan fingerprint density at radius 1 is 1.06 bits per heavy atom. The van der Waals surface area contributed by atoms with Crippen LogP contribution < -0.4 is 15.0 Å². The Morgan fingerprint density at radius 3 is 2.31 bits per heavy atom. The van der Waals surface area contributed by atoms with Crippen LogP contribution in [0.3, 0.4) is 0 Å². The van der Waals surface area contributed by atoms with Gasteiger partial charge in [-0.05, 0) is 55.2 Å². The molecule has 0 aliphatic carbocycles. The summed E-state index contributed by atoms with van der Waals surface area (Å²) >= 11 is 0. The highest BCUT2D eigenvalue weighted by Crippen LogP contribution is 2.34. The van der Waals surface area contributed by atoms with Gasteiger partial charge in [-0.1, -0.05) is 32.9 Å². The van der Waals surface area contributed by atoms with E-state index in [1.54, 1.807) is 35.2 Å². The lowest BCUT2D eigenvalue weighted by Gasteiger charge is -2.31. The van der Waals surface area contributed by atoms with Gasteiger partial charge in [-0.3, -0.25) is 19.3 Å². The number of nitrogens with zero attached hydrogens (tertiary/aromatic N) is 2. The van der Waals surface area contributed by atoms with E-state index in [1.807, 2.05) is 26.0 Å². The summed E-state index contributed by atoms with van der Waals surface area (Å²) in [5.41, 5.74) is 2.69. The summed E-state index contributed by atoms with van der Waals surface area (Å²) in [6.07, 6.45) is 0. The number of ether oxygens (including phenoxy) is 1. The monoisotopic (exact) mass is 437 g/mol. The Bertz CT molecular complexity index is 1000. The molecular weight excluding hydrogens is 406 g/mol. The van der Waals surface area contributed by atoms with Crippen LogP contribution in [0.4, 0.5) is 11.4 Å². The summed E-state index contributed by atoms with van der Waals surface area (Å²) in [6, 6.07) is 12.6. The van der Waals surface area contributed by atoms with Crippen molar-refractivity contribution in [1.82, 2.24) is 4.90 Å². The van der Waals surface area contributed by atoms with Crippen LogP contribution in [0.15, 0.2) is 42.5 Å². The number of likely N-dealkylation sites (N-methyl/N-ethyl adjacent to an activating group) is 1. The van der Waals surface area contributed by atoms with Crippen molar-refractivity contribution in [3.8, 4) is 5.75 Å². The molecule has 7 nitrogen and oxygen atoms in total. The molecule has 0 saturated carbocycles. The van der Waals surface area contributed by atoms with Crippen LogP contribution in [0.5, 0.6) is 5.75 Å². The first-order valence-electron chi connectivity index (χ1n) is 10.9. The summed E-state index contributed by atoms with van der Waals surface area (Å²) in [4.78, 5) is 40.9. The van der Waals surface area contributed by atoms with Crippen LogP contribution in [0, 0.1) is 0 Å². The molecule has 1 N–H and O–H groups in total. The SMILES string of the molecule is CCN(CC)C(=O)CN1C(=O)COc2ccc(NC(=O)c3ccc(C(C)(C)C)cc3)cc21. The van der Waals surface area contributed by atoms with Gasteiger partial charge in [0, 0.05) is 24.3 Å². The zero-order chi connectivity index (χ0) is 23.5. The van der Waals surface area contributed by atoms with E-state index in [2.05, 4.69) is 26.1 Å². The largest absolute Gasteiger partial charge is 0.482 e. The highest BCUT2D eigenvalue weighted by atomic mass is 16.5. The zero-order valence-electron chi connectivity index (χ0n) is 19.4. The molecule has 170 valence electrons. The molecule has 0 aromatic heterocycles. The van der Waals surface area contributed by atoms with Gasteiger partial charge in [0.15, 0.2) is 6.61 Å². The fraction of sp³-hybridized carbons (Fsp3) is 0.400. The third-order valence-corrected chi connectivity index (χ3v) is 5.58. The maximum atomic E-state index is 12.8. The molecule has 1 aliphatic rings. The maximum absolute atomic E-state index is 12.8. The second kappa shape index (κ2) is 9.42. The first kappa shape index (κ1) is 23.3. The number of hydrogen-bond acceptors (Lipinski definition) is 4. The molecule has 3 amide bonds. The van der Waals surface area contributed by atoms with Gasteiger partial charge in [0.05, 0.1) is 5.69 Å². The molecule has 0 bridgehead atoms. The predicted molar refractivity (Wildman–Crippen MR) is 125 cm³/mol. The van der Waals surface area contributed by atoms with E-state index >= 15 is 0 Å². The molecule has 1 aliphatic heterocycles. The standard InChI is InChI=1S/C25H31N3O4/c1-6-27(7-2)22(29)15-28-20-14-19(12-13-21(20)32-16-23(28)30)26-24(31)17-8-10-18(11-9-17)25(3,4)5/h8-14H,6-7,15-16H2,1-5H3,(H,26,31). The third kappa shape index (κ3) is 5.10. The molecule has 0 saturated heterocycles. The zero-order valence-corrected chi connectivity index (χ0v) is 19.4. The van der Waals surface area contributed by atoms with Gasteiger partial charge in [-0.15, -0.1) is 0 Å². The van der Waals surface area contributed by atoms with Crippen LogP contribution in [-0.2, 0) is 15.0 Å². The molecule has 0 fully saturated rings. The van der Waals surface area contributed by atoms with E-state index in [-0.39, 0.29) is 36.3 Å². The minimum absolute atomic E-state index is 0.00601. The van der Waals surface area contributed by atoms with E-state index < -0.39 is 0 Å². The van der Waals surface area contributed by atoms with Crippen molar-refractivity contribution in [3.05, 3.63) is 53.6 Å². The molecular formula is C25H31N3O4. The number of rotatable bonds is 6. The number of benzene rings is 2. The fourth-order valence-electron chi connectivity index (χ4n) is 3.59. The lowest BCUT2D eigenvalue weighted by molar-refractivity contribution is -0.131. The van der Waals surface area contributed by atoms with Crippen LogP contribution in [0.1, 0.15) is 50.5 Å². The lowest BCUT2D eigenvalue weighted by Crippen LogP contribution is -2.46. The van der Waals surface area contributed by atoms with Crippen molar-refractivity contribution in [2.75, 3.05) is 36.5 Å². The van der Waals surface area contributed by atoms with Crippen molar-refractivity contribution in [1.29, 1.82) is 0 Å². The Morgan fingerprint density at radius 2 is 1.72 bits per heavy atom. The van der Waals surface area contributed by atoms with E-state index in [1.165, 1.54) is 4.90 Å². The number of nitrogens with one attached hydrogen (secondary N) is 1. The van der Waals surface area contributed by atoms with Gasteiger partial charge in [0.2, 0.25) is 5.91 Å². The average Bonchev–Trinajstić information content (AvgIpc) is 2.76. The third-order valence-electron chi connectivity index (χ3n) is 5.58. The number of fused-ring (bicyclic) bond motifs is 1. The molecule has 1 heterocycles. The highest BCUT2D eigenvalue weighted by molar-refractivity contribution is 6.06. The molecule has 0 unspecified atom stereocenters. The Balaban J connectivity index is 1.80. The summed E-state index contributed by atoms with van der Waals surface area (Å²) in [7, 11) is 0. The van der Waals surface area contributed by atoms with Crippen molar-refractivity contribution in [2.45, 2.75) is 40.0 Å². The van der Waals surface area contributed by atoms with Crippen LogP contribution in [0.2, 0.25) is 0 Å². The van der Waals surface area contributed by atoms with Crippen molar-refractivity contribution in [2.24, 2.45) is 0 Å². The molecule has 0 radical (unpaired) electrons. The highest BCUT2D eigenvalue weighted by Gasteiger charge is 2.29. The quantitative estimate of drug-likeness (QED) is 0.745. The number of carbonyl (C=O) groups is 3.